The molecule has 2 N–H and O–H groups in total. The molecule has 4 rings (SSSR count). The first kappa shape index (κ1) is 19.4. The van der Waals surface area contributed by atoms with Crippen LogP contribution in [0.4, 0.5) is 0 Å². The van der Waals surface area contributed by atoms with E-state index in [1.165, 1.54) is 21.2 Å². The number of amides is 1. The van der Waals surface area contributed by atoms with E-state index < -0.39 is 0 Å². The first-order valence-corrected chi connectivity index (χ1v) is 10.7. The van der Waals surface area contributed by atoms with Crippen molar-refractivity contribution in [2.75, 3.05) is 45.8 Å². The summed E-state index contributed by atoms with van der Waals surface area (Å²) in [6.07, 6.45) is 0.286. The number of benzene rings is 2. The lowest BCUT2D eigenvalue weighted by Gasteiger charge is -2.36. The topological polar surface area (TPSA) is 38.4 Å². The van der Waals surface area contributed by atoms with Gasteiger partial charge in [0.05, 0.1) is 12.2 Å². The SMILES string of the molecule is C[C@@H]1CN(C(=O)C[NH+]2CC[NH+](Cc3cccc4ccccc34)CC2)C[C@H](C)O1. The van der Waals surface area contributed by atoms with Gasteiger partial charge in [-0.05, 0) is 24.6 Å². The van der Waals surface area contributed by atoms with E-state index in [1.807, 2.05) is 4.90 Å². The summed E-state index contributed by atoms with van der Waals surface area (Å²) in [6.45, 7) is 11.7. The van der Waals surface area contributed by atoms with Crippen LogP contribution in [0.3, 0.4) is 0 Å². The Morgan fingerprint density at radius 2 is 1.61 bits per heavy atom. The Morgan fingerprint density at radius 3 is 2.36 bits per heavy atom. The first-order chi connectivity index (χ1) is 13.6. The highest BCUT2D eigenvalue weighted by Crippen LogP contribution is 2.17. The second kappa shape index (κ2) is 8.60. The van der Waals surface area contributed by atoms with Gasteiger partial charge in [0, 0.05) is 18.7 Å². The Balaban J connectivity index is 1.29. The molecule has 0 unspecified atom stereocenters. The minimum absolute atomic E-state index is 0.143. The molecule has 2 heterocycles. The average molecular weight is 384 g/mol. The average Bonchev–Trinajstić information content (AvgIpc) is 2.69. The lowest BCUT2D eigenvalue weighted by Crippen LogP contribution is -3.28. The second-order valence-electron chi connectivity index (χ2n) is 8.55. The van der Waals surface area contributed by atoms with Gasteiger partial charge in [0.25, 0.3) is 5.91 Å². The Labute approximate surface area is 167 Å². The van der Waals surface area contributed by atoms with Gasteiger partial charge in [0.15, 0.2) is 6.54 Å². The van der Waals surface area contributed by atoms with Crippen LogP contribution in [0.15, 0.2) is 42.5 Å². The van der Waals surface area contributed by atoms with Gasteiger partial charge >= 0.3 is 0 Å². The van der Waals surface area contributed by atoms with Crippen LogP contribution in [0.25, 0.3) is 10.8 Å². The van der Waals surface area contributed by atoms with Gasteiger partial charge in [-0.1, -0.05) is 42.5 Å². The van der Waals surface area contributed by atoms with Crippen LogP contribution in [0, 0.1) is 0 Å². The predicted octanol–water partition coefficient (Wildman–Crippen LogP) is -0.241. The van der Waals surface area contributed by atoms with Crippen molar-refractivity contribution in [3.8, 4) is 0 Å². The number of carbonyl (C=O) groups is 1. The van der Waals surface area contributed by atoms with Gasteiger partial charge in [0.2, 0.25) is 0 Å². The van der Waals surface area contributed by atoms with Gasteiger partial charge in [-0.3, -0.25) is 4.79 Å². The van der Waals surface area contributed by atoms with Crippen molar-refractivity contribution in [2.45, 2.75) is 32.6 Å². The highest BCUT2D eigenvalue weighted by molar-refractivity contribution is 5.85. The number of nitrogens with zero attached hydrogens (tertiary/aromatic N) is 1. The molecule has 5 heteroatoms. The quantitative estimate of drug-likeness (QED) is 0.765. The molecule has 0 aliphatic carbocycles. The van der Waals surface area contributed by atoms with E-state index in [0.29, 0.717) is 6.54 Å². The first-order valence-electron chi connectivity index (χ1n) is 10.7. The molecule has 28 heavy (non-hydrogen) atoms. The lowest BCUT2D eigenvalue weighted by atomic mass is 10.0. The molecule has 0 aromatic heterocycles. The number of rotatable bonds is 4. The smallest absolute Gasteiger partial charge is 0.277 e. The van der Waals surface area contributed by atoms with Crippen LogP contribution in [0.1, 0.15) is 19.4 Å². The van der Waals surface area contributed by atoms with E-state index in [2.05, 4.69) is 56.3 Å². The fourth-order valence-corrected chi connectivity index (χ4v) is 4.73. The van der Waals surface area contributed by atoms with Gasteiger partial charge in [-0.2, -0.15) is 0 Å². The number of piperazine rings is 1. The Kier molecular flexibility index (Phi) is 5.95. The van der Waals surface area contributed by atoms with Crippen LogP contribution in [-0.2, 0) is 16.1 Å². The number of morpholine rings is 1. The van der Waals surface area contributed by atoms with Crippen LogP contribution >= 0.6 is 0 Å². The van der Waals surface area contributed by atoms with Gasteiger partial charge < -0.3 is 19.4 Å². The van der Waals surface area contributed by atoms with Crippen molar-refractivity contribution in [1.29, 1.82) is 0 Å². The molecule has 0 radical (unpaired) electrons. The molecule has 1 amide bonds. The van der Waals surface area contributed by atoms with E-state index in [4.69, 9.17) is 4.74 Å². The zero-order valence-corrected chi connectivity index (χ0v) is 17.1. The minimum atomic E-state index is 0.143. The van der Waals surface area contributed by atoms with Gasteiger partial charge in [-0.15, -0.1) is 0 Å². The highest BCUT2D eigenvalue weighted by atomic mass is 16.5. The number of fused-ring (bicyclic) bond motifs is 1. The summed E-state index contributed by atoms with van der Waals surface area (Å²) in [5.74, 6) is 0.287. The predicted molar refractivity (Wildman–Crippen MR) is 111 cm³/mol. The van der Waals surface area contributed by atoms with Crippen molar-refractivity contribution in [3.63, 3.8) is 0 Å². The third-order valence-electron chi connectivity index (χ3n) is 6.16. The maximum absolute atomic E-state index is 12.7. The molecular formula is C23H33N3O2+2. The second-order valence-corrected chi connectivity index (χ2v) is 8.55. The third kappa shape index (κ3) is 4.54. The summed E-state index contributed by atoms with van der Waals surface area (Å²) in [5.41, 5.74) is 1.43. The summed E-state index contributed by atoms with van der Waals surface area (Å²) >= 11 is 0. The highest BCUT2D eigenvalue weighted by Gasteiger charge is 2.30. The van der Waals surface area contributed by atoms with Crippen molar-refractivity contribution >= 4 is 16.7 Å². The molecule has 2 saturated heterocycles. The van der Waals surface area contributed by atoms with Gasteiger partial charge in [0.1, 0.15) is 32.7 Å². The molecule has 5 nitrogen and oxygen atoms in total. The number of carbonyl (C=O) groups excluding carboxylic acids is 1. The van der Waals surface area contributed by atoms with E-state index >= 15 is 0 Å². The number of nitrogens with one attached hydrogen (secondary N) is 2. The summed E-state index contributed by atoms with van der Waals surface area (Å²) in [7, 11) is 0. The summed E-state index contributed by atoms with van der Waals surface area (Å²) < 4.78 is 5.75. The molecule has 2 aromatic carbocycles. The molecule has 0 spiro atoms. The lowest BCUT2D eigenvalue weighted by molar-refractivity contribution is -1.02. The molecule has 0 saturated carbocycles. The Hall–Kier alpha value is -1.95. The fourth-order valence-electron chi connectivity index (χ4n) is 4.73. The molecular weight excluding hydrogens is 350 g/mol. The minimum Gasteiger partial charge on any atom is -0.372 e. The van der Waals surface area contributed by atoms with Crippen LogP contribution in [0.5, 0.6) is 0 Å². The molecule has 2 aromatic rings. The van der Waals surface area contributed by atoms with E-state index in [-0.39, 0.29) is 18.1 Å². The Morgan fingerprint density at radius 1 is 0.964 bits per heavy atom. The maximum atomic E-state index is 12.7. The number of quaternary nitrogens is 2. The summed E-state index contributed by atoms with van der Waals surface area (Å²) in [4.78, 5) is 17.8. The molecule has 2 aliphatic rings. The van der Waals surface area contributed by atoms with Gasteiger partial charge in [-0.25, -0.2) is 0 Å². The summed E-state index contributed by atoms with van der Waals surface area (Å²) in [6, 6.07) is 15.3. The standard InChI is InChI=1S/C23H31N3O2/c1-18-14-26(15-19(2)28-18)23(27)17-25-12-10-24(11-13-25)16-21-8-5-7-20-6-3-4-9-22(20)21/h3-9,18-19H,10-17H2,1-2H3/p+2/t18-,19+. The Bertz CT molecular complexity index is 801. The largest absolute Gasteiger partial charge is 0.372 e. The molecule has 0 bridgehead atoms. The van der Waals surface area contributed by atoms with Crippen LogP contribution in [0.2, 0.25) is 0 Å². The van der Waals surface area contributed by atoms with Crippen molar-refractivity contribution in [1.82, 2.24) is 4.90 Å². The zero-order valence-electron chi connectivity index (χ0n) is 17.1. The molecule has 2 aliphatic heterocycles. The van der Waals surface area contributed by atoms with E-state index in [9.17, 15) is 4.79 Å². The third-order valence-corrected chi connectivity index (χ3v) is 6.16. The van der Waals surface area contributed by atoms with Crippen LogP contribution < -0.4 is 9.80 Å². The van der Waals surface area contributed by atoms with Crippen molar-refractivity contribution in [2.24, 2.45) is 0 Å². The number of hydrogen-bond donors (Lipinski definition) is 2. The van der Waals surface area contributed by atoms with Crippen molar-refractivity contribution < 1.29 is 19.3 Å². The normalized spacial score (nSPS) is 28.4. The zero-order chi connectivity index (χ0) is 19.5. The van der Waals surface area contributed by atoms with Crippen molar-refractivity contribution in [3.05, 3.63) is 48.0 Å². The van der Waals surface area contributed by atoms with Crippen LogP contribution in [-0.4, -0.2) is 68.8 Å². The number of hydrogen-bond acceptors (Lipinski definition) is 2. The van der Waals surface area contributed by atoms with E-state index in [1.54, 1.807) is 4.90 Å². The fraction of sp³-hybridized carbons (Fsp3) is 0.522. The monoisotopic (exact) mass is 383 g/mol. The van der Waals surface area contributed by atoms with E-state index in [0.717, 1.165) is 45.8 Å². The number of ether oxygens (including phenoxy) is 1. The maximum Gasteiger partial charge on any atom is 0.277 e. The molecule has 2 fully saturated rings. The molecule has 150 valence electrons. The summed E-state index contributed by atoms with van der Waals surface area (Å²) in [5, 5.41) is 2.70. The molecule has 2 atom stereocenters.